The van der Waals surface area contributed by atoms with Crippen molar-refractivity contribution in [1.29, 1.82) is 0 Å². The number of halogens is 1. The molecule has 5 N–H and O–H groups in total. The smallest absolute Gasteiger partial charge is 0.276 e. The van der Waals surface area contributed by atoms with Crippen LogP contribution in [0, 0.1) is 5.82 Å². The summed E-state index contributed by atoms with van der Waals surface area (Å²) >= 11 is 0. The largest absolute Gasteiger partial charge is 0.395 e. The van der Waals surface area contributed by atoms with Gasteiger partial charge in [0.05, 0.1) is 12.9 Å². The van der Waals surface area contributed by atoms with Crippen LogP contribution < -0.4 is 16.0 Å². The van der Waals surface area contributed by atoms with Crippen LogP contribution in [0.15, 0.2) is 54.9 Å². The molecule has 1 aromatic heterocycles. The lowest BCUT2D eigenvalue weighted by Gasteiger charge is -2.34. The highest BCUT2D eigenvalue weighted by atomic mass is 19.1. The predicted molar refractivity (Wildman–Crippen MR) is 136 cm³/mol. The second-order valence-corrected chi connectivity index (χ2v) is 8.74. The molecule has 1 unspecified atom stereocenters. The van der Waals surface area contributed by atoms with Crippen molar-refractivity contribution in [2.24, 2.45) is 0 Å². The first-order valence-corrected chi connectivity index (χ1v) is 12.1. The van der Waals surface area contributed by atoms with E-state index in [4.69, 9.17) is 0 Å². The number of aliphatic hydroxyl groups excluding tert-OH is 1. The molecular formula is C26H29FN6O4. The van der Waals surface area contributed by atoms with Crippen LogP contribution >= 0.6 is 0 Å². The van der Waals surface area contributed by atoms with Gasteiger partial charge in [0, 0.05) is 36.1 Å². The zero-order valence-corrected chi connectivity index (χ0v) is 20.2. The van der Waals surface area contributed by atoms with Gasteiger partial charge < -0.3 is 26.0 Å². The highest BCUT2D eigenvalue weighted by molar-refractivity contribution is 6.10. The van der Waals surface area contributed by atoms with Crippen LogP contribution in [0.4, 0.5) is 15.8 Å². The molecule has 2 aromatic carbocycles. The van der Waals surface area contributed by atoms with Gasteiger partial charge >= 0.3 is 0 Å². The number of benzene rings is 2. The van der Waals surface area contributed by atoms with Crippen molar-refractivity contribution in [2.75, 3.05) is 36.9 Å². The lowest BCUT2D eigenvalue weighted by Crippen LogP contribution is -2.45. The fourth-order valence-electron chi connectivity index (χ4n) is 4.23. The second kappa shape index (κ2) is 12.2. The third-order valence-corrected chi connectivity index (χ3v) is 6.23. The highest BCUT2D eigenvalue weighted by Gasteiger charge is 2.23. The number of imidazole rings is 1. The summed E-state index contributed by atoms with van der Waals surface area (Å²) < 4.78 is 13.0. The Morgan fingerprint density at radius 1 is 0.973 bits per heavy atom. The molecule has 3 aromatic rings. The first-order valence-electron chi connectivity index (χ1n) is 12.1. The van der Waals surface area contributed by atoms with E-state index < -0.39 is 23.5 Å². The molecule has 0 bridgehead atoms. The van der Waals surface area contributed by atoms with Gasteiger partial charge in [-0.15, -0.1) is 0 Å². The van der Waals surface area contributed by atoms with Gasteiger partial charge in [0.25, 0.3) is 17.7 Å². The molecule has 3 amide bonds. The molecule has 0 spiro atoms. The summed E-state index contributed by atoms with van der Waals surface area (Å²) in [5.41, 5.74) is 1.26. The van der Waals surface area contributed by atoms with Gasteiger partial charge in [-0.25, -0.2) is 9.37 Å². The SMILES string of the molecule is O=C(Nc1ccc(NC(=O)c2nc[nH]c2C(=O)NCCN2CCCCC2CO)cc1)c1ccc(F)cc1. The van der Waals surface area contributed by atoms with Crippen LogP contribution in [0.3, 0.4) is 0 Å². The number of rotatable bonds is 9. The number of aromatic nitrogens is 2. The van der Waals surface area contributed by atoms with Crippen LogP contribution in [0.2, 0.25) is 0 Å². The summed E-state index contributed by atoms with van der Waals surface area (Å²) in [7, 11) is 0. The molecular weight excluding hydrogens is 479 g/mol. The fraction of sp³-hybridized carbons (Fsp3) is 0.308. The lowest BCUT2D eigenvalue weighted by atomic mass is 10.0. The topological polar surface area (TPSA) is 139 Å². The fourth-order valence-corrected chi connectivity index (χ4v) is 4.23. The van der Waals surface area contributed by atoms with E-state index in [0.29, 0.717) is 30.0 Å². The third kappa shape index (κ3) is 6.78. The Morgan fingerprint density at radius 2 is 1.65 bits per heavy atom. The molecule has 0 radical (unpaired) electrons. The number of piperidine rings is 1. The molecule has 1 aliphatic rings. The number of nitrogens with one attached hydrogen (secondary N) is 4. The van der Waals surface area contributed by atoms with Gasteiger partial charge in [-0.3, -0.25) is 19.3 Å². The van der Waals surface area contributed by atoms with Gasteiger partial charge in [-0.1, -0.05) is 6.42 Å². The van der Waals surface area contributed by atoms with Crippen LogP contribution in [0.25, 0.3) is 0 Å². The van der Waals surface area contributed by atoms with E-state index in [2.05, 4.69) is 30.8 Å². The Balaban J connectivity index is 1.30. The van der Waals surface area contributed by atoms with E-state index in [1.165, 1.54) is 30.6 Å². The molecule has 1 aliphatic heterocycles. The minimum Gasteiger partial charge on any atom is -0.395 e. The number of nitrogens with zero attached hydrogens (tertiary/aromatic N) is 2. The summed E-state index contributed by atoms with van der Waals surface area (Å²) in [5, 5.41) is 17.7. The molecule has 0 saturated carbocycles. The number of hydrogen-bond donors (Lipinski definition) is 5. The Kier molecular flexibility index (Phi) is 8.60. The Labute approximate surface area is 213 Å². The Bertz CT molecular complexity index is 1230. The van der Waals surface area contributed by atoms with Crippen molar-refractivity contribution < 1.29 is 23.9 Å². The lowest BCUT2D eigenvalue weighted by molar-refractivity contribution is 0.0843. The summed E-state index contributed by atoms with van der Waals surface area (Å²) in [6.07, 6.45) is 4.38. The standard InChI is InChI=1S/C26H29FN6O4/c27-18-6-4-17(5-7-18)24(35)31-19-8-10-20(11-9-19)32-26(37)23-22(29-16-30-23)25(36)28-12-14-33-13-2-1-3-21(33)15-34/h4-11,16,21,34H,1-3,12-15H2,(H,28,36)(H,29,30)(H,31,35)(H,32,37). The minimum absolute atomic E-state index is 0.0441. The van der Waals surface area contributed by atoms with Crippen molar-refractivity contribution in [2.45, 2.75) is 25.3 Å². The van der Waals surface area contributed by atoms with E-state index >= 15 is 0 Å². The molecule has 2 heterocycles. The first kappa shape index (κ1) is 26.0. The number of carbonyl (C=O) groups excluding carboxylic acids is 3. The average molecular weight is 509 g/mol. The molecule has 1 atom stereocenters. The quantitative estimate of drug-likeness (QED) is 0.301. The number of carbonyl (C=O) groups is 3. The van der Waals surface area contributed by atoms with Crippen molar-refractivity contribution in [3.05, 3.63) is 77.6 Å². The van der Waals surface area contributed by atoms with Crippen LogP contribution in [0.5, 0.6) is 0 Å². The van der Waals surface area contributed by atoms with E-state index in [0.717, 1.165) is 25.8 Å². The molecule has 4 rings (SSSR count). The predicted octanol–water partition coefficient (Wildman–Crippen LogP) is 2.63. The van der Waals surface area contributed by atoms with Gasteiger partial charge in [-0.05, 0) is 67.9 Å². The first-order chi connectivity index (χ1) is 17.9. The second-order valence-electron chi connectivity index (χ2n) is 8.74. The van der Waals surface area contributed by atoms with Crippen molar-refractivity contribution in [3.63, 3.8) is 0 Å². The number of anilines is 2. The number of likely N-dealkylation sites (tertiary alicyclic amines) is 1. The molecule has 11 heteroatoms. The molecule has 194 valence electrons. The molecule has 10 nitrogen and oxygen atoms in total. The maximum atomic E-state index is 13.0. The summed E-state index contributed by atoms with van der Waals surface area (Å²) in [5.74, 6) is -1.83. The van der Waals surface area contributed by atoms with Crippen molar-refractivity contribution in [3.8, 4) is 0 Å². The molecule has 37 heavy (non-hydrogen) atoms. The number of aromatic amines is 1. The summed E-state index contributed by atoms with van der Waals surface area (Å²) in [6, 6.07) is 11.7. The van der Waals surface area contributed by atoms with Gasteiger partial charge in [0.1, 0.15) is 11.5 Å². The molecule has 0 aliphatic carbocycles. The molecule has 1 saturated heterocycles. The zero-order chi connectivity index (χ0) is 26.2. The van der Waals surface area contributed by atoms with E-state index in [1.54, 1.807) is 24.3 Å². The van der Waals surface area contributed by atoms with Crippen LogP contribution in [-0.2, 0) is 0 Å². The average Bonchev–Trinajstić information content (AvgIpc) is 3.41. The van der Waals surface area contributed by atoms with Gasteiger partial charge in [0.2, 0.25) is 0 Å². The van der Waals surface area contributed by atoms with Gasteiger partial charge in [-0.2, -0.15) is 0 Å². The highest BCUT2D eigenvalue weighted by Crippen LogP contribution is 2.17. The number of H-pyrrole nitrogens is 1. The summed E-state index contributed by atoms with van der Waals surface area (Å²) in [6.45, 7) is 1.96. The van der Waals surface area contributed by atoms with Crippen molar-refractivity contribution >= 4 is 29.1 Å². The normalized spacial score (nSPS) is 15.7. The summed E-state index contributed by atoms with van der Waals surface area (Å²) in [4.78, 5) is 46.6. The Hall–Kier alpha value is -4.09. The van der Waals surface area contributed by atoms with Gasteiger partial charge in [0.15, 0.2) is 5.69 Å². The van der Waals surface area contributed by atoms with E-state index in [9.17, 15) is 23.9 Å². The zero-order valence-electron chi connectivity index (χ0n) is 20.2. The number of aliphatic hydroxyl groups is 1. The maximum absolute atomic E-state index is 13.0. The van der Waals surface area contributed by atoms with E-state index in [1.807, 2.05) is 0 Å². The maximum Gasteiger partial charge on any atom is 0.276 e. The Morgan fingerprint density at radius 3 is 2.32 bits per heavy atom. The van der Waals surface area contributed by atoms with E-state index in [-0.39, 0.29) is 24.0 Å². The monoisotopic (exact) mass is 508 g/mol. The third-order valence-electron chi connectivity index (χ3n) is 6.23. The van der Waals surface area contributed by atoms with Crippen LogP contribution in [-0.4, -0.2) is 70.0 Å². The number of hydrogen-bond acceptors (Lipinski definition) is 6. The molecule has 1 fully saturated rings. The van der Waals surface area contributed by atoms with Crippen LogP contribution in [0.1, 0.15) is 50.6 Å². The minimum atomic E-state index is -0.564. The van der Waals surface area contributed by atoms with Crippen molar-refractivity contribution in [1.82, 2.24) is 20.2 Å². The number of amides is 3.